The quantitative estimate of drug-likeness (QED) is 0.291. The maximum absolute atomic E-state index is 12.4. The molecule has 19 heavy (non-hydrogen) atoms. The molecule has 1 aromatic heterocycles. The summed E-state index contributed by atoms with van der Waals surface area (Å²) in [5.74, 6) is -1.39. The standard InChI is InChI=1S/C9H8F5N3O2/c10-6(11)3-19-8-4(7(15)17-18)1-2-5(16-8)9(12,13)14/h1-2,6,18H,3H2,(H2,15,17). The molecule has 1 heterocycles. The molecule has 3 N–H and O–H groups in total. The molecule has 0 amide bonds. The van der Waals surface area contributed by atoms with Crippen molar-refractivity contribution in [2.75, 3.05) is 6.61 Å². The van der Waals surface area contributed by atoms with Crippen molar-refractivity contribution in [1.82, 2.24) is 4.98 Å². The molecule has 0 aliphatic heterocycles. The number of rotatable bonds is 4. The first-order valence-electron chi connectivity index (χ1n) is 4.72. The number of aromatic nitrogens is 1. The first-order valence-corrected chi connectivity index (χ1v) is 4.72. The van der Waals surface area contributed by atoms with Gasteiger partial charge in [0.05, 0.1) is 5.56 Å². The van der Waals surface area contributed by atoms with Crippen LogP contribution in [0.15, 0.2) is 17.3 Å². The van der Waals surface area contributed by atoms with Crippen molar-refractivity contribution < 1.29 is 31.9 Å². The van der Waals surface area contributed by atoms with Gasteiger partial charge in [0.1, 0.15) is 5.69 Å². The summed E-state index contributed by atoms with van der Waals surface area (Å²) in [5.41, 5.74) is 3.51. The Balaban J connectivity index is 3.18. The zero-order valence-corrected chi connectivity index (χ0v) is 9.16. The molecule has 10 heteroatoms. The van der Waals surface area contributed by atoms with Crippen LogP contribution in [0, 0.1) is 0 Å². The van der Waals surface area contributed by atoms with Gasteiger partial charge < -0.3 is 15.7 Å². The molecule has 0 bridgehead atoms. The molecule has 0 atom stereocenters. The lowest BCUT2D eigenvalue weighted by atomic mass is 10.2. The van der Waals surface area contributed by atoms with Crippen LogP contribution in [-0.4, -0.2) is 29.1 Å². The predicted octanol–water partition coefficient (Wildman–Crippen LogP) is 1.84. The van der Waals surface area contributed by atoms with Crippen molar-refractivity contribution in [1.29, 1.82) is 0 Å². The number of hydrogen-bond acceptors (Lipinski definition) is 4. The lowest BCUT2D eigenvalue weighted by Crippen LogP contribution is -2.19. The van der Waals surface area contributed by atoms with Gasteiger partial charge in [0.15, 0.2) is 12.4 Å². The zero-order valence-electron chi connectivity index (χ0n) is 9.16. The number of pyridine rings is 1. The summed E-state index contributed by atoms with van der Waals surface area (Å²) in [5, 5.41) is 11.0. The van der Waals surface area contributed by atoms with Crippen LogP contribution in [0.25, 0.3) is 0 Å². The molecule has 0 fully saturated rings. The van der Waals surface area contributed by atoms with Crippen molar-refractivity contribution in [3.05, 3.63) is 23.4 Å². The molecule has 0 radical (unpaired) electrons. The van der Waals surface area contributed by atoms with Gasteiger partial charge in [-0.3, -0.25) is 0 Å². The smallest absolute Gasteiger partial charge is 0.433 e. The minimum atomic E-state index is -4.77. The van der Waals surface area contributed by atoms with Crippen molar-refractivity contribution in [2.45, 2.75) is 12.6 Å². The van der Waals surface area contributed by atoms with Crippen molar-refractivity contribution in [3.63, 3.8) is 0 Å². The van der Waals surface area contributed by atoms with E-state index in [0.29, 0.717) is 6.07 Å². The van der Waals surface area contributed by atoms with Crippen LogP contribution in [0.1, 0.15) is 11.3 Å². The monoisotopic (exact) mass is 285 g/mol. The Kier molecular flexibility index (Phi) is 4.46. The van der Waals surface area contributed by atoms with E-state index < -0.39 is 36.6 Å². The Bertz CT molecular complexity index is 475. The summed E-state index contributed by atoms with van der Waals surface area (Å²) < 4.78 is 65.6. The third-order valence-corrected chi connectivity index (χ3v) is 1.88. The highest BCUT2D eigenvalue weighted by atomic mass is 19.4. The van der Waals surface area contributed by atoms with Gasteiger partial charge >= 0.3 is 6.18 Å². The molecule has 0 spiro atoms. The topological polar surface area (TPSA) is 80.7 Å². The maximum Gasteiger partial charge on any atom is 0.433 e. The number of nitrogens with zero attached hydrogens (tertiary/aromatic N) is 2. The van der Waals surface area contributed by atoms with Crippen LogP contribution >= 0.6 is 0 Å². The third kappa shape index (κ3) is 3.93. The number of nitrogens with two attached hydrogens (primary N) is 1. The summed E-state index contributed by atoms with van der Waals surface area (Å²) in [4.78, 5) is 3.03. The molecule has 0 saturated heterocycles. The second-order valence-corrected chi connectivity index (χ2v) is 3.23. The van der Waals surface area contributed by atoms with E-state index in [-0.39, 0.29) is 5.56 Å². The van der Waals surface area contributed by atoms with E-state index in [2.05, 4.69) is 14.9 Å². The summed E-state index contributed by atoms with van der Waals surface area (Å²) in [7, 11) is 0. The van der Waals surface area contributed by atoms with Crippen LogP contribution < -0.4 is 10.5 Å². The Morgan fingerprint density at radius 2 is 2.05 bits per heavy atom. The largest absolute Gasteiger partial charge is 0.471 e. The third-order valence-electron chi connectivity index (χ3n) is 1.88. The lowest BCUT2D eigenvalue weighted by molar-refractivity contribution is -0.141. The minimum Gasteiger partial charge on any atom is -0.471 e. The molecule has 106 valence electrons. The molecule has 0 unspecified atom stereocenters. The zero-order chi connectivity index (χ0) is 14.6. The normalized spacial score (nSPS) is 12.8. The Labute approximate surface area is 103 Å². The van der Waals surface area contributed by atoms with E-state index in [4.69, 9.17) is 10.9 Å². The van der Waals surface area contributed by atoms with Crippen molar-refractivity contribution in [2.24, 2.45) is 10.9 Å². The molecule has 0 aliphatic rings. The maximum atomic E-state index is 12.4. The van der Waals surface area contributed by atoms with Crippen LogP contribution in [0.4, 0.5) is 22.0 Å². The van der Waals surface area contributed by atoms with Crippen molar-refractivity contribution >= 4 is 5.84 Å². The molecule has 0 saturated carbocycles. The highest BCUT2D eigenvalue weighted by Gasteiger charge is 2.33. The van der Waals surface area contributed by atoms with Crippen LogP contribution in [-0.2, 0) is 6.18 Å². The van der Waals surface area contributed by atoms with E-state index in [9.17, 15) is 22.0 Å². The average molecular weight is 285 g/mol. The summed E-state index contributed by atoms with van der Waals surface area (Å²) >= 11 is 0. The van der Waals surface area contributed by atoms with Gasteiger partial charge in [0, 0.05) is 0 Å². The number of ether oxygens (including phenoxy) is 1. The van der Waals surface area contributed by atoms with Gasteiger partial charge in [-0.05, 0) is 12.1 Å². The Morgan fingerprint density at radius 3 is 2.53 bits per heavy atom. The summed E-state index contributed by atoms with van der Waals surface area (Å²) in [6.45, 7) is -1.17. The predicted molar refractivity (Wildman–Crippen MR) is 53.2 cm³/mol. The second-order valence-electron chi connectivity index (χ2n) is 3.23. The summed E-state index contributed by atoms with van der Waals surface area (Å²) in [6, 6.07) is 1.37. The lowest BCUT2D eigenvalue weighted by Gasteiger charge is -2.12. The Morgan fingerprint density at radius 1 is 1.42 bits per heavy atom. The first-order chi connectivity index (χ1) is 8.75. The molecular weight excluding hydrogens is 277 g/mol. The van der Waals surface area contributed by atoms with Gasteiger partial charge in [-0.2, -0.15) is 13.2 Å². The number of amidine groups is 1. The van der Waals surface area contributed by atoms with Gasteiger partial charge in [-0.15, -0.1) is 0 Å². The van der Waals surface area contributed by atoms with E-state index >= 15 is 0 Å². The fraction of sp³-hybridized carbons (Fsp3) is 0.333. The number of halogens is 5. The highest BCUT2D eigenvalue weighted by molar-refractivity contribution is 5.99. The summed E-state index contributed by atoms with van der Waals surface area (Å²) in [6.07, 6.45) is -7.68. The highest BCUT2D eigenvalue weighted by Crippen LogP contribution is 2.30. The van der Waals surface area contributed by atoms with Crippen LogP contribution in [0.2, 0.25) is 0 Å². The van der Waals surface area contributed by atoms with E-state index in [1.54, 1.807) is 0 Å². The van der Waals surface area contributed by atoms with Gasteiger partial charge in [-0.1, -0.05) is 5.16 Å². The van der Waals surface area contributed by atoms with Gasteiger partial charge in [-0.25, -0.2) is 13.8 Å². The molecule has 0 aliphatic carbocycles. The Hall–Kier alpha value is -2.13. The van der Waals surface area contributed by atoms with Crippen LogP contribution in [0.3, 0.4) is 0 Å². The number of alkyl halides is 5. The number of oxime groups is 1. The molecule has 1 rings (SSSR count). The van der Waals surface area contributed by atoms with E-state index in [1.807, 2.05) is 0 Å². The average Bonchev–Trinajstić information content (AvgIpc) is 2.33. The van der Waals surface area contributed by atoms with Gasteiger partial charge in [0.2, 0.25) is 5.88 Å². The molecule has 1 aromatic rings. The molecular formula is C9H8F5N3O2. The first kappa shape index (κ1) is 14.9. The van der Waals surface area contributed by atoms with E-state index in [1.165, 1.54) is 0 Å². The van der Waals surface area contributed by atoms with Gasteiger partial charge in [0.25, 0.3) is 6.43 Å². The van der Waals surface area contributed by atoms with E-state index in [0.717, 1.165) is 6.07 Å². The minimum absolute atomic E-state index is 0.323. The molecule has 0 aromatic carbocycles. The molecule has 5 nitrogen and oxygen atoms in total. The fourth-order valence-electron chi connectivity index (χ4n) is 1.10. The number of hydrogen-bond donors (Lipinski definition) is 2. The van der Waals surface area contributed by atoms with Crippen molar-refractivity contribution in [3.8, 4) is 5.88 Å². The SMILES string of the molecule is N/C(=N/O)c1ccc(C(F)(F)F)nc1OCC(F)F. The second kappa shape index (κ2) is 5.67. The fourth-order valence-corrected chi connectivity index (χ4v) is 1.10. The van der Waals surface area contributed by atoms with Crippen LogP contribution in [0.5, 0.6) is 5.88 Å².